The van der Waals surface area contributed by atoms with E-state index in [0.29, 0.717) is 22.1 Å². The van der Waals surface area contributed by atoms with Crippen LogP contribution in [0.2, 0.25) is 10.0 Å². The van der Waals surface area contributed by atoms with Crippen LogP contribution in [0.1, 0.15) is 5.56 Å². The molecule has 0 unspecified atom stereocenters. The smallest absolute Gasteiger partial charge is 0.246 e. The zero-order valence-electron chi connectivity index (χ0n) is 13.4. The second-order valence-corrected chi connectivity index (χ2v) is 7.97. The Labute approximate surface area is 162 Å². The fraction of sp³-hybridized carbons (Fsp3) is 0.0667. The maximum atomic E-state index is 12.6. The van der Waals surface area contributed by atoms with Crippen LogP contribution < -0.4 is 4.72 Å². The first-order valence-corrected chi connectivity index (χ1v) is 9.74. The molecule has 0 saturated carbocycles. The van der Waals surface area contributed by atoms with Crippen LogP contribution in [0.5, 0.6) is 0 Å². The monoisotopic (exact) mass is 424 g/mol. The van der Waals surface area contributed by atoms with E-state index in [2.05, 4.69) is 29.7 Å². The molecule has 2 heterocycles. The number of hydrogen-bond donors (Lipinski definition) is 1. The average Bonchev–Trinajstić information content (AvgIpc) is 3.26. The first-order valence-electron chi connectivity index (χ1n) is 7.50. The minimum absolute atomic E-state index is 0.0801. The number of benzene rings is 2. The van der Waals surface area contributed by atoms with Crippen molar-refractivity contribution in [3.8, 4) is 0 Å². The minimum atomic E-state index is -3.97. The van der Waals surface area contributed by atoms with Crippen LogP contribution in [-0.4, -0.2) is 33.5 Å². The van der Waals surface area contributed by atoms with E-state index in [1.165, 1.54) is 23.1 Å². The summed E-state index contributed by atoms with van der Waals surface area (Å²) in [4.78, 5) is 3.89. The molecule has 4 rings (SSSR count). The lowest BCUT2D eigenvalue weighted by Crippen LogP contribution is -2.15. The van der Waals surface area contributed by atoms with E-state index >= 15 is 0 Å². The summed E-state index contributed by atoms with van der Waals surface area (Å²) in [6, 6.07) is 9.69. The third kappa shape index (κ3) is 3.59. The Morgan fingerprint density at radius 1 is 1.11 bits per heavy atom. The van der Waals surface area contributed by atoms with Gasteiger partial charge < -0.3 is 0 Å². The molecule has 0 atom stereocenters. The first-order chi connectivity index (χ1) is 12.9. The lowest BCUT2D eigenvalue weighted by molar-refractivity contribution is 0.315. The van der Waals surface area contributed by atoms with E-state index in [1.54, 1.807) is 24.3 Å². The highest BCUT2D eigenvalue weighted by molar-refractivity contribution is 7.93. The summed E-state index contributed by atoms with van der Waals surface area (Å²) < 4.78 is 33.6. The summed E-state index contributed by atoms with van der Waals surface area (Å²) in [5.74, 6) is -0.0801. The lowest BCUT2D eigenvalue weighted by atomic mass is 10.2. The molecule has 2 aromatic heterocycles. The van der Waals surface area contributed by atoms with Gasteiger partial charge in [-0.25, -0.2) is 22.5 Å². The molecule has 0 fully saturated rings. The van der Waals surface area contributed by atoms with E-state index in [4.69, 9.17) is 23.2 Å². The van der Waals surface area contributed by atoms with Gasteiger partial charge in [-0.3, -0.25) is 0 Å². The van der Waals surface area contributed by atoms with Crippen molar-refractivity contribution in [2.75, 3.05) is 4.72 Å². The molecule has 4 aromatic rings. The second-order valence-electron chi connectivity index (χ2n) is 5.51. The van der Waals surface area contributed by atoms with E-state index < -0.39 is 10.0 Å². The van der Waals surface area contributed by atoms with Crippen LogP contribution in [0.15, 0.2) is 52.3 Å². The van der Waals surface area contributed by atoms with E-state index in [1.807, 2.05) is 0 Å². The molecule has 0 aliphatic carbocycles. The average molecular weight is 425 g/mol. The van der Waals surface area contributed by atoms with Crippen LogP contribution in [-0.2, 0) is 16.6 Å². The number of anilines is 1. The Balaban J connectivity index is 1.56. The Hall–Kier alpha value is -2.69. The minimum Gasteiger partial charge on any atom is -0.246 e. The molecular formula is C15H10Cl2N6O3S. The molecule has 1 N–H and O–H groups in total. The summed E-state index contributed by atoms with van der Waals surface area (Å²) in [6.07, 6.45) is 1.40. The summed E-state index contributed by atoms with van der Waals surface area (Å²) in [6.45, 7) is 0.342. The van der Waals surface area contributed by atoms with Crippen molar-refractivity contribution in [3.05, 3.63) is 58.3 Å². The molecule has 0 amide bonds. The van der Waals surface area contributed by atoms with Gasteiger partial charge in [-0.1, -0.05) is 35.3 Å². The number of halogens is 2. The van der Waals surface area contributed by atoms with E-state index in [9.17, 15) is 8.42 Å². The molecule has 27 heavy (non-hydrogen) atoms. The highest BCUT2D eigenvalue weighted by atomic mass is 35.5. The van der Waals surface area contributed by atoms with Crippen molar-refractivity contribution >= 4 is 50.2 Å². The van der Waals surface area contributed by atoms with Crippen LogP contribution in [0.3, 0.4) is 0 Å². The van der Waals surface area contributed by atoms with Gasteiger partial charge in [-0.2, -0.15) is 4.98 Å². The number of fused-ring (bicyclic) bond motifs is 1. The Morgan fingerprint density at radius 2 is 1.96 bits per heavy atom. The second kappa shape index (κ2) is 6.80. The predicted molar refractivity (Wildman–Crippen MR) is 98.2 cm³/mol. The number of hydrogen-bond acceptors (Lipinski definition) is 7. The predicted octanol–water partition coefficient (Wildman–Crippen LogP) is 2.97. The third-order valence-electron chi connectivity index (χ3n) is 3.63. The SMILES string of the molecule is O=S(=O)(Nc1ncn(Cc2ccc(Cl)c(Cl)c2)n1)c1cccc2nonc12. The van der Waals surface area contributed by atoms with Gasteiger partial charge in [0, 0.05) is 0 Å². The maximum Gasteiger partial charge on any atom is 0.266 e. The zero-order valence-corrected chi connectivity index (χ0v) is 15.7. The van der Waals surface area contributed by atoms with Gasteiger partial charge in [0.15, 0.2) is 5.52 Å². The summed E-state index contributed by atoms with van der Waals surface area (Å²) in [5, 5.41) is 12.2. The summed E-state index contributed by atoms with van der Waals surface area (Å²) >= 11 is 11.9. The largest absolute Gasteiger partial charge is 0.266 e. The fourth-order valence-electron chi connectivity index (χ4n) is 2.42. The molecule has 2 aromatic carbocycles. The van der Waals surface area contributed by atoms with Crippen LogP contribution >= 0.6 is 23.2 Å². The number of nitrogens with zero attached hydrogens (tertiary/aromatic N) is 5. The van der Waals surface area contributed by atoms with Crippen LogP contribution in [0.4, 0.5) is 5.95 Å². The van der Waals surface area contributed by atoms with Gasteiger partial charge in [0.2, 0.25) is 0 Å². The standard InChI is InChI=1S/C15H10Cl2N6O3S/c16-10-5-4-9(6-11(10)17)7-23-8-18-15(19-23)22-27(24,25)13-3-1-2-12-14(13)21-26-20-12/h1-6,8H,7H2,(H,19,22). The van der Waals surface area contributed by atoms with Crippen molar-refractivity contribution in [1.82, 2.24) is 25.1 Å². The Kier molecular flexibility index (Phi) is 4.46. The molecule has 0 bridgehead atoms. The van der Waals surface area contributed by atoms with Crippen molar-refractivity contribution in [3.63, 3.8) is 0 Å². The van der Waals surface area contributed by atoms with Crippen molar-refractivity contribution in [1.29, 1.82) is 0 Å². The van der Waals surface area contributed by atoms with Crippen LogP contribution in [0.25, 0.3) is 11.0 Å². The number of nitrogens with one attached hydrogen (secondary N) is 1. The molecule has 0 saturated heterocycles. The molecular weight excluding hydrogens is 415 g/mol. The normalized spacial score (nSPS) is 11.8. The molecule has 12 heteroatoms. The molecule has 0 spiro atoms. The van der Waals surface area contributed by atoms with Crippen LogP contribution in [0, 0.1) is 0 Å². The molecule has 9 nitrogen and oxygen atoms in total. The maximum absolute atomic E-state index is 12.6. The molecule has 0 aliphatic rings. The number of sulfonamides is 1. The summed E-state index contributed by atoms with van der Waals surface area (Å²) in [5.41, 5.74) is 1.29. The van der Waals surface area contributed by atoms with E-state index in [0.717, 1.165) is 5.56 Å². The van der Waals surface area contributed by atoms with Crippen molar-refractivity contribution in [2.45, 2.75) is 11.4 Å². The third-order valence-corrected chi connectivity index (χ3v) is 5.73. The lowest BCUT2D eigenvalue weighted by Gasteiger charge is -2.05. The first kappa shape index (κ1) is 17.7. The highest BCUT2D eigenvalue weighted by Gasteiger charge is 2.22. The highest BCUT2D eigenvalue weighted by Crippen LogP contribution is 2.23. The van der Waals surface area contributed by atoms with Gasteiger partial charge in [0.1, 0.15) is 16.7 Å². The molecule has 138 valence electrons. The van der Waals surface area contributed by atoms with Gasteiger partial charge in [0.05, 0.1) is 16.6 Å². The quantitative estimate of drug-likeness (QED) is 0.523. The number of aromatic nitrogens is 5. The topological polar surface area (TPSA) is 116 Å². The zero-order chi connectivity index (χ0) is 19.0. The van der Waals surface area contributed by atoms with Gasteiger partial charge >= 0.3 is 0 Å². The Bertz CT molecular complexity index is 1240. The molecule has 0 aliphatic heterocycles. The number of rotatable bonds is 5. The van der Waals surface area contributed by atoms with Gasteiger partial charge in [0.25, 0.3) is 16.0 Å². The van der Waals surface area contributed by atoms with Gasteiger partial charge in [-0.05, 0) is 40.1 Å². The van der Waals surface area contributed by atoms with Crippen molar-refractivity contribution < 1.29 is 13.0 Å². The van der Waals surface area contributed by atoms with Gasteiger partial charge in [-0.15, -0.1) is 5.10 Å². The Morgan fingerprint density at radius 3 is 2.78 bits per heavy atom. The fourth-order valence-corrected chi connectivity index (χ4v) is 3.83. The summed E-state index contributed by atoms with van der Waals surface area (Å²) in [7, 11) is -3.97. The molecule has 0 radical (unpaired) electrons. The van der Waals surface area contributed by atoms with Crippen molar-refractivity contribution in [2.24, 2.45) is 0 Å². The van der Waals surface area contributed by atoms with E-state index in [-0.39, 0.29) is 16.4 Å².